The molecule has 0 radical (unpaired) electrons. The molecule has 4 aromatic carbocycles. The molecule has 2 aliphatic rings. The van der Waals surface area contributed by atoms with Gasteiger partial charge in [0.1, 0.15) is 0 Å². The van der Waals surface area contributed by atoms with Gasteiger partial charge in [-0.2, -0.15) is 8.42 Å². The minimum absolute atomic E-state index is 0.906. The second-order valence-corrected chi connectivity index (χ2v) is 13.3. The average Bonchev–Trinajstić information content (AvgIpc) is 4.01. The third kappa shape index (κ3) is 7.13. The van der Waals surface area contributed by atoms with E-state index in [2.05, 4.69) is 156 Å². The van der Waals surface area contributed by atoms with Gasteiger partial charge in [-0.3, -0.25) is 9.11 Å². The molecule has 0 spiro atoms. The lowest BCUT2D eigenvalue weighted by molar-refractivity contribution is 0.381. The molecule has 3 aromatic heterocycles. The average molecular weight is 713 g/mol. The number of hydrogen-bond acceptors (Lipinski definition) is 4. The molecule has 8 bridgehead atoms. The summed E-state index contributed by atoms with van der Waals surface area (Å²) < 4.78 is 31.6. The van der Waals surface area contributed by atoms with Gasteiger partial charge in [-0.15, -0.1) is 0 Å². The molecule has 0 unspecified atom stereocenters. The van der Waals surface area contributed by atoms with Crippen molar-refractivity contribution < 1.29 is 17.5 Å². The van der Waals surface area contributed by atoms with Crippen molar-refractivity contribution in [1.29, 1.82) is 0 Å². The Morgan fingerprint density at radius 3 is 0.774 bits per heavy atom. The van der Waals surface area contributed by atoms with E-state index < -0.39 is 10.4 Å². The van der Waals surface area contributed by atoms with Gasteiger partial charge in [0.2, 0.25) is 0 Å². The first-order valence-electron chi connectivity index (χ1n) is 16.9. The fourth-order valence-corrected chi connectivity index (χ4v) is 6.84. The van der Waals surface area contributed by atoms with Crippen LogP contribution in [0, 0.1) is 0 Å². The van der Waals surface area contributed by atoms with Crippen LogP contribution in [0.25, 0.3) is 90.9 Å². The smallest absolute Gasteiger partial charge is 0.354 e. The van der Waals surface area contributed by atoms with Gasteiger partial charge in [-0.1, -0.05) is 121 Å². The van der Waals surface area contributed by atoms with Gasteiger partial charge in [-0.05, 0) is 70.8 Å². The van der Waals surface area contributed by atoms with E-state index >= 15 is 0 Å². The van der Waals surface area contributed by atoms with E-state index in [1.165, 1.54) is 0 Å². The van der Waals surface area contributed by atoms with Crippen LogP contribution in [-0.2, 0) is 10.4 Å². The molecule has 7 aromatic rings. The van der Waals surface area contributed by atoms with Crippen LogP contribution in [0.1, 0.15) is 22.8 Å². The molecule has 9 rings (SSSR count). The highest BCUT2D eigenvalue weighted by Crippen LogP contribution is 2.38. The molecule has 0 fully saturated rings. The highest BCUT2D eigenvalue weighted by molar-refractivity contribution is 7.79. The number of aromatic amines is 2. The number of fused-ring (bicyclic) bond motifs is 8. The Labute approximate surface area is 306 Å². The molecule has 9 heteroatoms. The second-order valence-electron chi connectivity index (χ2n) is 12.4. The maximum atomic E-state index is 8.74. The summed E-state index contributed by atoms with van der Waals surface area (Å²) in [5.41, 5.74) is 16.2. The van der Waals surface area contributed by atoms with Gasteiger partial charge in [0.05, 0.1) is 22.8 Å². The number of H-pyrrole nitrogens is 2. The van der Waals surface area contributed by atoms with Crippen LogP contribution in [0.3, 0.4) is 0 Å². The summed E-state index contributed by atoms with van der Waals surface area (Å²) in [6, 6.07) is 50.7. The van der Waals surface area contributed by atoms with E-state index in [1.54, 1.807) is 0 Å². The van der Waals surface area contributed by atoms with E-state index in [9.17, 15) is 0 Å². The summed E-state index contributed by atoms with van der Waals surface area (Å²) in [6.45, 7) is 0. The van der Waals surface area contributed by atoms with E-state index in [0.29, 0.717) is 0 Å². The molecule has 8 nitrogen and oxygen atoms in total. The Hall–Kier alpha value is -6.65. The van der Waals surface area contributed by atoms with Crippen LogP contribution < -0.4 is 0 Å². The normalized spacial score (nSPS) is 12.0. The lowest BCUT2D eigenvalue weighted by Gasteiger charge is -2.07. The molecule has 53 heavy (non-hydrogen) atoms. The minimum atomic E-state index is -4.67. The van der Waals surface area contributed by atoms with Gasteiger partial charge in [0.15, 0.2) is 0 Å². The van der Waals surface area contributed by atoms with Crippen LogP contribution in [0.15, 0.2) is 146 Å². The largest absolute Gasteiger partial charge is 0.394 e. The number of hydrogen-bond donors (Lipinski definition) is 4. The van der Waals surface area contributed by atoms with Gasteiger partial charge < -0.3 is 9.97 Å². The Morgan fingerprint density at radius 2 is 0.566 bits per heavy atom. The van der Waals surface area contributed by atoms with E-state index in [-0.39, 0.29) is 0 Å². The molecule has 0 atom stereocenters. The number of aromatic nitrogens is 4. The molecule has 0 aliphatic carbocycles. The monoisotopic (exact) mass is 712 g/mol. The Balaban J connectivity index is 0.000000752. The quantitative estimate of drug-likeness (QED) is 0.134. The first-order chi connectivity index (χ1) is 25.8. The first kappa shape index (κ1) is 33.5. The zero-order valence-corrected chi connectivity index (χ0v) is 29.0. The summed E-state index contributed by atoms with van der Waals surface area (Å²) in [7, 11) is -4.67. The first-order valence-corrected chi connectivity index (χ1v) is 18.3. The third-order valence-electron chi connectivity index (χ3n) is 9.00. The van der Waals surface area contributed by atoms with E-state index in [1.807, 2.05) is 24.3 Å². The van der Waals surface area contributed by atoms with Crippen molar-refractivity contribution in [1.82, 2.24) is 19.9 Å². The predicted octanol–water partition coefficient (Wildman–Crippen LogP) is 10.7. The molecule has 4 N–H and O–H groups in total. The molecule has 0 saturated carbocycles. The van der Waals surface area contributed by atoms with Crippen molar-refractivity contribution in [2.24, 2.45) is 0 Å². The van der Waals surface area contributed by atoms with E-state index in [4.69, 9.17) is 27.5 Å². The van der Waals surface area contributed by atoms with Crippen molar-refractivity contribution in [3.05, 3.63) is 168 Å². The Morgan fingerprint density at radius 1 is 0.358 bits per heavy atom. The molecule has 258 valence electrons. The standard InChI is InChI=1S/C44H30N4.H2O4S/c1-5-13-29(14-6-1)41-33-21-23-35(45-33)42(30-15-7-2-8-16-30)37-25-27-39(47-37)44(32-19-11-4-12-20-32)40-28-26-38(48-40)43(31-17-9-3-10-18-31)36-24-22-34(41)46-36;1-5(2,3)4/h1-28,45,48H;(H2,1,2,3,4). The summed E-state index contributed by atoms with van der Waals surface area (Å²) in [6.07, 6.45) is 8.54. The van der Waals surface area contributed by atoms with Gasteiger partial charge in [0.25, 0.3) is 0 Å². The number of benzene rings is 4. The third-order valence-corrected chi connectivity index (χ3v) is 9.00. The Kier molecular flexibility index (Phi) is 8.95. The van der Waals surface area contributed by atoms with Gasteiger partial charge >= 0.3 is 10.4 Å². The van der Waals surface area contributed by atoms with Crippen molar-refractivity contribution in [2.45, 2.75) is 0 Å². The van der Waals surface area contributed by atoms with Crippen LogP contribution in [0.4, 0.5) is 0 Å². The molecule has 2 aliphatic heterocycles. The van der Waals surface area contributed by atoms with Crippen molar-refractivity contribution in [3.8, 4) is 44.5 Å². The molecular formula is C44H32N4O4S. The lowest BCUT2D eigenvalue weighted by atomic mass is 10.0. The summed E-state index contributed by atoms with van der Waals surface area (Å²) in [5, 5.41) is 0. The van der Waals surface area contributed by atoms with Gasteiger partial charge in [-0.25, -0.2) is 9.97 Å². The maximum absolute atomic E-state index is 8.74. The zero-order valence-electron chi connectivity index (χ0n) is 28.2. The lowest BCUT2D eigenvalue weighted by Crippen LogP contribution is -1.89. The second kappa shape index (κ2) is 14.2. The molecule has 5 heterocycles. The molecular weight excluding hydrogens is 681 g/mol. The van der Waals surface area contributed by atoms with Crippen LogP contribution in [0.2, 0.25) is 0 Å². The number of nitrogens with one attached hydrogen (secondary N) is 2. The molecule has 0 amide bonds. The maximum Gasteiger partial charge on any atom is 0.394 e. The summed E-state index contributed by atoms with van der Waals surface area (Å²) in [4.78, 5) is 18.3. The fraction of sp³-hybridized carbons (Fsp3) is 0. The van der Waals surface area contributed by atoms with Crippen LogP contribution in [0.5, 0.6) is 0 Å². The number of nitrogens with zero attached hydrogens (tertiary/aromatic N) is 2. The zero-order chi connectivity index (χ0) is 36.4. The van der Waals surface area contributed by atoms with Crippen LogP contribution in [-0.4, -0.2) is 37.5 Å². The highest BCUT2D eigenvalue weighted by Gasteiger charge is 2.18. The summed E-state index contributed by atoms with van der Waals surface area (Å²) >= 11 is 0. The number of rotatable bonds is 4. The summed E-state index contributed by atoms with van der Waals surface area (Å²) in [5.74, 6) is 0. The highest BCUT2D eigenvalue weighted by atomic mass is 32.3. The minimum Gasteiger partial charge on any atom is -0.354 e. The van der Waals surface area contributed by atoms with Crippen molar-refractivity contribution >= 4 is 56.8 Å². The van der Waals surface area contributed by atoms with Crippen molar-refractivity contribution in [3.63, 3.8) is 0 Å². The molecule has 0 saturated heterocycles. The van der Waals surface area contributed by atoms with Crippen LogP contribution >= 0.6 is 0 Å². The SMILES string of the molecule is C1=Cc2nc1c(-c1ccccc1)c1ccc([nH]1)c(-c1ccccc1)c1nc(c(-c3ccccc3)c3ccc([nH]3)c2-c2ccccc2)C=C1.O=S(=O)(O)O. The predicted molar refractivity (Wildman–Crippen MR) is 215 cm³/mol. The van der Waals surface area contributed by atoms with E-state index in [0.717, 1.165) is 89.4 Å². The van der Waals surface area contributed by atoms with Gasteiger partial charge in [0, 0.05) is 44.3 Å². The van der Waals surface area contributed by atoms with Crippen molar-refractivity contribution in [2.75, 3.05) is 0 Å². The topological polar surface area (TPSA) is 132 Å². The Bertz CT molecular complexity index is 2440. The fourth-order valence-electron chi connectivity index (χ4n) is 6.84.